The summed E-state index contributed by atoms with van der Waals surface area (Å²) in [5.74, 6) is -0.126. The van der Waals surface area contributed by atoms with E-state index in [1.54, 1.807) is 30.3 Å². The van der Waals surface area contributed by atoms with Gasteiger partial charge >= 0.3 is 0 Å². The summed E-state index contributed by atoms with van der Waals surface area (Å²) in [6.07, 6.45) is 1.45. The maximum absolute atomic E-state index is 12.7. The lowest BCUT2D eigenvalue weighted by Gasteiger charge is -2.14. The molecule has 0 aliphatic carbocycles. The number of hydrazone groups is 1. The minimum atomic E-state index is -0.376. The average Bonchev–Trinajstić information content (AvgIpc) is 3.50. The molecular formula is C35H32ClN5O4S. The van der Waals surface area contributed by atoms with Gasteiger partial charge in [-0.05, 0) is 80.4 Å². The number of thiazole rings is 1. The number of halogens is 1. The van der Waals surface area contributed by atoms with Crippen LogP contribution in [0.1, 0.15) is 34.0 Å². The lowest BCUT2D eigenvalue weighted by molar-refractivity contribution is -0.118. The fourth-order valence-corrected chi connectivity index (χ4v) is 5.38. The largest absolute Gasteiger partial charge is 0.490 e. The van der Waals surface area contributed by atoms with Crippen LogP contribution in [0.2, 0.25) is 5.02 Å². The zero-order valence-electron chi connectivity index (χ0n) is 25.5. The van der Waals surface area contributed by atoms with Gasteiger partial charge in [-0.2, -0.15) is 5.10 Å². The Morgan fingerprint density at radius 2 is 1.72 bits per heavy atom. The van der Waals surface area contributed by atoms with Gasteiger partial charge in [-0.1, -0.05) is 53.6 Å². The molecule has 0 aliphatic rings. The van der Waals surface area contributed by atoms with E-state index >= 15 is 0 Å². The monoisotopic (exact) mass is 653 g/mol. The van der Waals surface area contributed by atoms with Gasteiger partial charge in [-0.15, -0.1) is 11.3 Å². The van der Waals surface area contributed by atoms with E-state index in [0.29, 0.717) is 29.2 Å². The smallest absolute Gasteiger partial charge is 0.271 e. The fraction of sp³-hybridized carbons (Fsp3) is 0.143. The van der Waals surface area contributed by atoms with Crippen molar-refractivity contribution < 1.29 is 19.1 Å². The van der Waals surface area contributed by atoms with Crippen molar-refractivity contribution in [3.8, 4) is 22.8 Å². The molecule has 0 bridgehead atoms. The molecule has 0 radical (unpaired) electrons. The molecule has 1 heterocycles. The summed E-state index contributed by atoms with van der Waals surface area (Å²) in [4.78, 5) is 29.9. The number of hydrogen-bond donors (Lipinski definition) is 3. The van der Waals surface area contributed by atoms with Crippen molar-refractivity contribution in [1.29, 1.82) is 0 Å². The summed E-state index contributed by atoms with van der Waals surface area (Å²) in [5.41, 5.74) is 9.11. The van der Waals surface area contributed by atoms with Crippen molar-refractivity contribution >= 4 is 57.5 Å². The van der Waals surface area contributed by atoms with E-state index in [0.717, 1.165) is 27.6 Å². The van der Waals surface area contributed by atoms with E-state index in [9.17, 15) is 9.59 Å². The predicted molar refractivity (Wildman–Crippen MR) is 185 cm³/mol. The van der Waals surface area contributed by atoms with Crippen LogP contribution in [-0.2, 0) is 4.79 Å². The number of anilines is 3. The second-order valence-corrected chi connectivity index (χ2v) is 11.5. The summed E-state index contributed by atoms with van der Waals surface area (Å²) in [7, 11) is 0. The third-order valence-corrected chi connectivity index (χ3v) is 7.65. The molecule has 0 fully saturated rings. The second-order valence-electron chi connectivity index (χ2n) is 10.3. The number of aryl methyl sites for hydroxylation is 2. The molecule has 0 spiro atoms. The molecule has 11 heteroatoms. The van der Waals surface area contributed by atoms with Crippen molar-refractivity contribution in [2.45, 2.75) is 20.8 Å². The van der Waals surface area contributed by atoms with Crippen LogP contribution in [0.25, 0.3) is 11.3 Å². The van der Waals surface area contributed by atoms with Crippen molar-refractivity contribution in [1.82, 2.24) is 10.4 Å². The van der Waals surface area contributed by atoms with Gasteiger partial charge in [0.05, 0.1) is 23.5 Å². The molecular weight excluding hydrogens is 622 g/mol. The Kier molecular flexibility index (Phi) is 10.6. The minimum Gasteiger partial charge on any atom is -0.490 e. The molecule has 0 unspecified atom stereocenters. The number of nitrogens with zero attached hydrogens (tertiary/aromatic N) is 2. The molecule has 2 amide bonds. The molecule has 3 N–H and O–H groups in total. The maximum atomic E-state index is 12.7. The number of ether oxygens (including phenoxy) is 2. The van der Waals surface area contributed by atoms with Crippen LogP contribution in [-0.4, -0.2) is 36.2 Å². The van der Waals surface area contributed by atoms with Gasteiger partial charge < -0.3 is 20.1 Å². The van der Waals surface area contributed by atoms with Gasteiger partial charge in [0.2, 0.25) is 0 Å². The van der Waals surface area contributed by atoms with Crippen LogP contribution < -0.4 is 25.5 Å². The predicted octanol–water partition coefficient (Wildman–Crippen LogP) is 8.00. The number of carbonyl (C=O) groups excluding carboxylic acids is 2. The van der Waals surface area contributed by atoms with Gasteiger partial charge in [0.15, 0.2) is 23.2 Å². The van der Waals surface area contributed by atoms with Crippen LogP contribution in [0.4, 0.5) is 16.5 Å². The quantitative estimate of drug-likeness (QED) is 0.0929. The summed E-state index contributed by atoms with van der Waals surface area (Å²) >= 11 is 8.00. The van der Waals surface area contributed by atoms with Crippen molar-refractivity contribution in [2.24, 2.45) is 5.10 Å². The highest BCUT2D eigenvalue weighted by atomic mass is 35.5. The van der Waals surface area contributed by atoms with E-state index in [1.165, 1.54) is 23.1 Å². The van der Waals surface area contributed by atoms with Crippen molar-refractivity contribution in [2.75, 3.05) is 23.8 Å². The number of amides is 2. The van der Waals surface area contributed by atoms with Gasteiger partial charge in [0.25, 0.3) is 11.8 Å². The van der Waals surface area contributed by atoms with Crippen molar-refractivity contribution in [3.05, 3.63) is 118 Å². The molecule has 234 valence electrons. The number of carbonyl (C=O) groups is 2. The highest BCUT2D eigenvalue weighted by molar-refractivity contribution is 7.14. The molecule has 46 heavy (non-hydrogen) atoms. The number of hydrogen-bond acceptors (Lipinski definition) is 8. The highest BCUT2D eigenvalue weighted by Crippen LogP contribution is 2.36. The number of nitrogens with one attached hydrogen (secondary N) is 3. The van der Waals surface area contributed by atoms with E-state index in [4.69, 9.17) is 21.1 Å². The van der Waals surface area contributed by atoms with Crippen molar-refractivity contribution in [3.63, 3.8) is 0 Å². The van der Waals surface area contributed by atoms with Gasteiger partial charge in [-0.25, -0.2) is 10.4 Å². The van der Waals surface area contributed by atoms with Crippen LogP contribution >= 0.6 is 22.9 Å². The van der Waals surface area contributed by atoms with Crippen LogP contribution in [0.5, 0.6) is 11.5 Å². The molecule has 5 rings (SSSR count). The van der Waals surface area contributed by atoms with E-state index in [-0.39, 0.29) is 29.2 Å². The normalized spacial score (nSPS) is 10.9. The molecule has 4 aromatic carbocycles. The second kappa shape index (κ2) is 15.2. The van der Waals surface area contributed by atoms with Gasteiger partial charge in [0.1, 0.15) is 0 Å². The molecule has 1 aromatic heterocycles. The molecule has 5 aromatic rings. The maximum Gasteiger partial charge on any atom is 0.271 e. The standard InChI is InChI=1S/C35H32ClN5O4S/c1-4-44-31-18-24(17-29(36)33(31)45-20-32(42)38-28-7-5-6-23(3)16-28)19-37-41-34(43)26-12-10-25(11-13-26)30-21-46-35(40-30)39-27-14-8-22(2)9-15-27/h5-19,21H,4,20H2,1-3H3,(H,38,42)(H,39,40)(H,41,43)/b37-19+. The molecule has 0 aliphatic heterocycles. The summed E-state index contributed by atoms with van der Waals surface area (Å²) in [5, 5.41) is 13.2. The van der Waals surface area contributed by atoms with Crippen LogP contribution in [0.15, 0.2) is 95.4 Å². The number of aromatic nitrogens is 1. The minimum absolute atomic E-state index is 0.233. The van der Waals surface area contributed by atoms with Gasteiger partial charge in [0, 0.05) is 27.9 Å². The highest BCUT2D eigenvalue weighted by Gasteiger charge is 2.15. The Balaban J connectivity index is 1.17. The summed E-state index contributed by atoms with van der Waals surface area (Å²) in [6.45, 7) is 5.90. The van der Waals surface area contributed by atoms with E-state index < -0.39 is 0 Å². The Morgan fingerprint density at radius 3 is 2.46 bits per heavy atom. The lowest BCUT2D eigenvalue weighted by Crippen LogP contribution is -2.20. The number of rotatable bonds is 12. The Labute approximate surface area is 276 Å². The van der Waals surface area contributed by atoms with Crippen LogP contribution in [0.3, 0.4) is 0 Å². The Hall–Kier alpha value is -5.19. The summed E-state index contributed by atoms with van der Waals surface area (Å²) < 4.78 is 11.4. The topological polar surface area (TPSA) is 114 Å². The molecule has 0 saturated heterocycles. The third-order valence-electron chi connectivity index (χ3n) is 6.61. The fourth-order valence-electron chi connectivity index (χ4n) is 4.37. The first-order valence-electron chi connectivity index (χ1n) is 14.5. The van der Waals surface area contributed by atoms with Gasteiger partial charge in [-0.3, -0.25) is 9.59 Å². The van der Waals surface area contributed by atoms with E-state index in [2.05, 4.69) is 26.1 Å². The first-order valence-corrected chi connectivity index (χ1v) is 15.7. The Bertz CT molecular complexity index is 1860. The first kappa shape index (κ1) is 32.2. The number of benzene rings is 4. The lowest BCUT2D eigenvalue weighted by atomic mass is 10.1. The zero-order chi connectivity index (χ0) is 32.5. The van der Waals surface area contributed by atoms with Crippen LogP contribution in [0, 0.1) is 13.8 Å². The Morgan fingerprint density at radius 1 is 0.935 bits per heavy atom. The molecule has 0 atom stereocenters. The third kappa shape index (κ3) is 8.71. The molecule has 9 nitrogen and oxygen atoms in total. The first-order chi connectivity index (χ1) is 22.3. The molecule has 0 saturated carbocycles. The zero-order valence-corrected chi connectivity index (χ0v) is 27.0. The van der Waals surface area contributed by atoms with E-state index in [1.807, 2.05) is 80.7 Å². The summed E-state index contributed by atoms with van der Waals surface area (Å²) in [6, 6.07) is 26.0. The average molecular weight is 654 g/mol. The SMILES string of the molecule is CCOc1cc(/C=N/NC(=O)c2ccc(-c3csc(Nc4ccc(C)cc4)n3)cc2)cc(Cl)c1OCC(=O)Nc1cccc(C)c1.